The van der Waals surface area contributed by atoms with E-state index in [0.29, 0.717) is 12.5 Å². The van der Waals surface area contributed by atoms with Crippen LogP contribution in [0, 0.1) is 5.92 Å². The normalized spacial score (nSPS) is 24.5. The fraction of sp³-hybridized carbons (Fsp3) is 0.640. The minimum absolute atomic E-state index is 0.213. The second-order valence-electron chi connectivity index (χ2n) is 9.29. The van der Waals surface area contributed by atoms with E-state index in [2.05, 4.69) is 15.8 Å². The summed E-state index contributed by atoms with van der Waals surface area (Å²) < 4.78 is 5.42. The van der Waals surface area contributed by atoms with Crippen molar-refractivity contribution in [2.75, 3.05) is 25.0 Å². The Morgan fingerprint density at radius 3 is 2.67 bits per heavy atom. The summed E-state index contributed by atoms with van der Waals surface area (Å²) in [5.41, 5.74) is 3.23. The predicted octanol–water partition coefficient (Wildman–Crippen LogP) is 3.65. The molecule has 3 aliphatic rings. The standard InChI is InChI=1S/C25H36N4O4/c30-23(28-33-24-10-4-5-16-32-24)14-12-19-11-13-22(26-17-19)27-21-9-6-15-29(18-21)25(31)20-7-2-1-3-8-20/h11-14,17,20-21,24H,1-10,15-16,18H2,(H,26,27)(H,28,30)/b14-12+/t21-,24?/m1/s1. The third-order valence-electron chi connectivity index (χ3n) is 6.68. The molecule has 3 fully saturated rings. The fourth-order valence-corrected chi connectivity index (χ4v) is 4.84. The van der Waals surface area contributed by atoms with Gasteiger partial charge in [-0.15, -0.1) is 0 Å². The Morgan fingerprint density at radius 2 is 1.91 bits per heavy atom. The lowest BCUT2D eigenvalue weighted by Crippen LogP contribution is -2.47. The summed E-state index contributed by atoms with van der Waals surface area (Å²) in [6.07, 6.45) is 15.1. The third-order valence-corrected chi connectivity index (χ3v) is 6.68. The number of carbonyl (C=O) groups excluding carboxylic acids is 2. The Labute approximate surface area is 196 Å². The van der Waals surface area contributed by atoms with Crippen molar-refractivity contribution in [2.45, 2.75) is 76.5 Å². The number of amides is 2. The zero-order chi connectivity index (χ0) is 22.9. The zero-order valence-electron chi connectivity index (χ0n) is 19.3. The summed E-state index contributed by atoms with van der Waals surface area (Å²) in [5, 5.41) is 3.48. The molecule has 0 aromatic carbocycles. The second-order valence-corrected chi connectivity index (χ2v) is 9.29. The molecule has 2 amide bonds. The number of ether oxygens (including phenoxy) is 1. The number of rotatable bonds is 7. The Morgan fingerprint density at radius 1 is 1.06 bits per heavy atom. The van der Waals surface area contributed by atoms with Crippen LogP contribution in [0.25, 0.3) is 6.08 Å². The molecule has 0 spiro atoms. The summed E-state index contributed by atoms with van der Waals surface area (Å²) in [7, 11) is 0. The van der Waals surface area contributed by atoms with Crippen LogP contribution < -0.4 is 10.8 Å². The topological polar surface area (TPSA) is 92.8 Å². The van der Waals surface area contributed by atoms with Gasteiger partial charge >= 0.3 is 0 Å². The van der Waals surface area contributed by atoms with Crippen LogP contribution in [0.3, 0.4) is 0 Å². The molecule has 1 saturated carbocycles. The van der Waals surface area contributed by atoms with Gasteiger partial charge in [-0.1, -0.05) is 19.3 Å². The molecule has 2 saturated heterocycles. The first kappa shape index (κ1) is 23.7. The molecule has 1 aromatic rings. The van der Waals surface area contributed by atoms with Crippen molar-refractivity contribution in [3.63, 3.8) is 0 Å². The highest BCUT2D eigenvalue weighted by atomic mass is 16.8. The molecule has 0 bridgehead atoms. The van der Waals surface area contributed by atoms with E-state index in [1.807, 2.05) is 17.0 Å². The first-order chi connectivity index (χ1) is 16.2. The maximum Gasteiger partial charge on any atom is 0.267 e. The number of piperidine rings is 1. The molecule has 2 N–H and O–H groups in total. The molecule has 8 nitrogen and oxygen atoms in total. The number of carbonyl (C=O) groups is 2. The smallest absolute Gasteiger partial charge is 0.267 e. The number of hydrogen-bond donors (Lipinski definition) is 2. The van der Waals surface area contributed by atoms with Gasteiger partial charge in [0.1, 0.15) is 5.82 Å². The Hall–Kier alpha value is -2.45. The van der Waals surface area contributed by atoms with Crippen molar-refractivity contribution in [1.82, 2.24) is 15.4 Å². The summed E-state index contributed by atoms with van der Waals surface area (Å²) in [6.45, 7) is 2.27. The van der Waals surface area contributed by atoms with Crippen LogP contribution in [-0.4, -0.2) is 53.7 Å². The molecule has 3 heterocycles. The predicted molar refractivity (Wildman–Crippen MR) is 126 cm³/mol. The number of hydroxylamine groups is 1. The van der Waals surface area contributed by atoms with Gasteiger partial charge in [0, 0.05) is 50.3 Å². The molecule has 1 aromatic heterocycles. The highest BCUT2D eigenvalue weighted by Gasteiger charge is 2.29. The molecule has 180 valence electrons. The van der Waals surface area contributed by atoms with Crippen LogP contribution in [-0.2, 0) is 19.2 Å². The molecule has 2 aliphatic heterocycles. The Kier molecular flexibility index (Phi) is 8.72. The van der Waals surface area contributed by atoms with E-state index in [1.165, 1.54) is 25.3 Å². The van der Waals surface area contributed by atoms with E-state index in [4.69, 9.17) is 9.57 Å². The number of anilines is 1. The third kappa shape index (κ3) is 7.27. The van der Waals surface area contributed by atoms with Crippen LogP contribution in [0.1, 0.15) is 69.8 Å². The average molecular weight is 457 g/mol. The summed E-state index contributed by atoms with van der Waals surface area (Å²) in [6, 6.07) is 4.04. The SMILES string of the molecule is O=C(/C=C/c1ccc(N[C@@H]2CCCN(C(=O)C3CCCCC3)C2)nc1)NOC1CCCCO1. The van der Waals surface area contributed by atoms with Crippen molar-refractivity contribution < 1.29 is 19.2 Å². The van der Waals surface area contributed by atoms with Crippen molar-refractivity contribution in [2.24, 2.45) is 5.92 Å². The molecule has 4 rings (SSSR count). The maximum atomic E-state index is 12.9. The minimum Gasteiger partial charge on any atom is -0.366 e. The lowest BCUT2D eigenvalue weighted by Gasteiger charge is -2.36. The number of pyridine rings is 1. The van der Waals surface area contributed by atoms with Crippen LogP contribution >= 0.6 is 0 Å². The molecule has 1 unspecified atom stereocenters. The highest BCUT2D eigenvalue weighted by Crippen LogP contribution is 2.27. The van der Waals surface area contributed by atoms with Crippen molar-refractivity contribution in [1.29, 1.82) is 0 Å². The fourth-order valence-electron chi connectivity index (χ4n) is 4.84. The van der Waals surface area contributed by atoms with E-state index in [9.17, 15) is 9.59 Å². The highest BCUT2D eigenvalue weighted by molar-refractivity contribution is 5.90. The van der Waals surface area contributed by atoms with Crippen LogP contribution in [0.2, 0.25) is 0 Å². The number of aromatic nitrogens is 1. The van der Waals surface area contributed by atoms with Gasteiger partial charge in [-0.2, -0.15) is 0 Å². The molecule has 0 radical (unpaired) electrons. The van der Waals surface area contributed by atoms with E-state index in [1.54, 1.807) is 12.3 Å². The molecular weight excluding hydrogens is 420 g/mol. The van der Waals surface area contributed by atoms with E-state index in [-0.39, 0.29) is 24.2 Å². The van der Waals surface area contributed by atoms with Gasteiger partial charge in [0.05, 0.1) is 0 Å². The molecular formula is C25H36N4O4. The van der Waals surface area contributed by atoms with Gasteiger partial charge in [0.2, 0.25) is 5.91 Å². The van der Waals surface area contributed by atoms with E-state index >= 15 is 0 Å². The van der Waals surface area contributed by atoms with Gasteiger partial charge < -0.3 is 15.0 Å². The van der Waals surface area contributed by atoms with E-state index < -0.39 is 0 Å². The number of likely N-dealkylation sites (tertiary alicyclic amines) is 1. The number of nitrogens with one attached hydrogen (secondary N) is 2. The monoisotopic (exact) mass is 456 g/mol. The Balaban J connectivity index is 1.22. The van der Waals surface area contributed by atoms with Gasteiger partial charge in [-0.3, -0.25) is 9.59 Å². The number of nitrogens with zero attached hydrogens (tertiary/aromatic N) is 2. The summed E-state index contributed by atoms with van der Waals surface area (Å²) in [5.74, 6) is 1.01. The van der Waals surface area contributed by atoms with Gasteiger partial charge in [-0.05, 0) is 62.3 Å². The second kappa shape index (κ2) is 12.1. The summed E-state index contributed by atoms with van der Waals surface area (Å²) >= 11 is 0. The van der Waals surface area contributed by atoms with Gasteiger partial charge in [0.25, 0.3) is 5.91 Å². The van der Waals surface area contributed by atoms with Crippen molar-refractivity contribution >= 4 is 23.7 Å². The van der Waals surface area contributed by atoms with Crippen molar-refractivity contribution in [3.8, 4) is 0 Å². The van der Waals surface area contributed by atoms with Crippen LogP contribution in [0.5, 0.6) is 0 Å². The van der Waals surface area contributed by atoms with Crippen molar-refractivity contribution in [3.05, 3.63) is 30.0 Å². The van der Waals surface area contributed by atoms with Crippen LogP contribution in [0.15, 0.2) is 24.4 Å². The molecule has 33 heavy (non-hydrogen) atoms. The average Bonchev–Trinajstić information content (AvgIpc) is 2.88. The minimum atomic E-state index is -0.364. The zero-order valence-corrected chi connectivity index (χ0v) is 19.3. The largest absolute Gasteiger partial charge is 0.366 e. The lowest BCUT2D eigenvalue weighted by atomic mass is 9.87. The van der Waals surface area contributed by atoms with E-state index in [0.717, 1.165) is 69.4 Å². The maximum absolute atomic E-state index is 12.9. The Bertz CT molecular complexity index is 801. The molecule has 2 atom stereocenters. The van der Waals surface area contributed by atoms with Crippen LogP contribution in [0.4, 0.5) is 5.82 Å². The van der Waals surface area contributed by atoms with Gasteiger partial charge in [0.15, 0.2) is 6.29 Å². The molecule has 8 heteroatoms. The summed E-state index contributed by atoms with van der Waals surface area (Å²) in [4.78, 5) is 36.6. The quantitative estimate of drug-likeness (QED) is 0.481. The van der Waals surface area contributed by atoms with Gasteiger partial charge in [-0.25, -0.2) is 15.3 Å². The first-order valence-corrected chi connectivity index (χ1v) is 12.4. The first-order valence-electron chi connectivity index (χ1n) is 12.4. The lowest BCUT2D eigenvalue weighted by molar-refractivity contribution is -0.198. The molecule has 1 aliphatic carbocycles. The number of hydrogen-bond acceptors (Lipinski definition) is 6.